The van der Waals surface area contributed by atoms with Crippen molar-refractivity contribution in [3.63, 3.8) is 0 Å². The Morgan fingerprint density at radius 1 is 1.17 bits per heavy atom. The molecule has 4 heteroatoms. The second kappa shape index (κ2) is 7.95. The fourth-order valence-electron chi connectivity index (χ4n) is 2.07. The Morgan fingerprint density at radius 3 is 2.17 bits per heavy atom. The molecule has 1 atom stereocenters. The van der Waals surface area contributed by atoms with Crippen LogP contribution in [-0.2, 0) is 14.9 Å². The van der Waals surface area contributed by atoms with Gasteiger partial charge in [0.1, 0.15) is 6.04 Å². The van der Waals surface area contributed by atoms with Crippen LogP contribution in [0.15, 0.2) is 35.9 Å². The zero-order valence-corrected chi connectivity index (χ0v) is 14.9. The third kappa shape index (κ3) is 5.89. The van der Waals surface area contributed by atoms with Crippen molar-refractivity contribution in [1.82, 2.24) is 5.32 Å². The summed E-state index contributed by atoms with van der Waals surface area (Å²) in [7, 11) is 1.32. The fourth-order valence-corrected chi connectivity index (χ4v) is 2.07. The highest BCUT2D eigenvalue weighted by molar-refractivity contribution is 5.96. The molecular formula is C19H27NO3. The lowest BCUT2D eigenvalue weighted by molar-refractivity contribution is -0.142. The average molecular weight is 317 g/mol. The molecule has 126 valence electrons. The molecule has 0 aliphatic heterocycles. The van der Waals surface area contributed by atoms with Gasteiger partial charge >= 0.3 is 5.97 Å². The van der Waals surface area contributed by atoms with Crippen LogP contribution in [0.1, 0.15) is 57.0 Å². The molecule has 0 bridgehead atoms. The molecule has 0 aromatic heterocycles. The van der Waals surface area contributed by atoms with Crippen LogP contribution in [0.4, 0.5) is 0 Å². The zero-order valence-electron chi connectivity index (χ0n) is 14.9. The number of allylic oxidation sites excluding steroid dienone is 1. The van der Waals surface area contributed by atoms with Gasteiger partial charge in [-0.1, -0.05) is 44.6 Å². The summed E-state index contributed by atoms with van der Waals surface area (Å²) in [5.74, 6) is -0.717. The summed E-state index contributed by atoms with van der Waals surface area (Å²) in [5, 5.41) is 2.74. The van der Waals surface area contributed by atoms with Crippen LogP contribution in [0.5, 0.6) is 0 Å². The molecule has 0 radical (unpaired) electrons. The van der Waals surface area contributed by atoms with Crippen LogP contribution in [0.25, 0.3) is 0 Å². The predicted molar refractivity (Wildman–Crippen MR) is 92.5 cm³/mol. The van der Waals surface area contributed by atoms with Crippen LogP contribution in [0.2, 0.25) is 0 Å². The van der Waals surface area contributed by atoms with Crippen LogP contribution in [0, 0.1) is 0 Å². The van der Waals surface area contributed by atoms with E-state index in [1.165, 1.54) is 7.11 Å². The minimum absolute atomic E-state index is 0.0347. The van der Waals surface area contributed by atoms with Gasteiger partial charge in [0, 0.05) is 5.56 Å². The first-order chi connectivity index (χ1) is 10.6. The van der Waals surface area contributed by atoms with Gasteiger partial charge in [0.05, 0.1) is 7.11 Å². The maximum Gasteiger partial charge on any atom is 0.328 e. The molecule has 0 saturated heterocycles. The number of methoxy groups -OCH3 is 1. The maximum atomic E-state index is 12.3. The standard InChI is InChI=1S/C19H27NO3/c1-13(2)7-12-16(18(22)23-6)20-17(21)14-8-10-15(11-9-14)19(3,4)5/h7-11,16H,12H2,1-6H3,(H,20,21)/t16-/m1/s1. The van der Waals surface area contributed by atoms with Crippen molar-refractivity contribution in [2.75, 3.05) is 7.11 Å². The van der Waals surface area contributed by atoms with E-state index in [0.717, 1.165) is 11.1 Å². The smallest absolute Gasteiger partial charge is 0.328 e. The number of benzene rings is 1. The topological polar surface area (TPSA) is 55.4 Å². The Hall–Kier alpha value is -2.10. The quantitative estimate of drug-likeness (QED) is 0.666. The number of amides is 1. The van der Waals surface area contributed by atoms with Gasteiger partial charge in [0.15, 0.2) is 0 Å². The first-order valence-corrected chi connectivity index (χ1v) is 7.77. The lowest BCUT2D eigenvalue weighted by atomic mass is 9.86. The number of esters is 1. The molecule has 4 nitrogen and oxygen atoms in total. The van der Waals surface area contributed by atoms with E-state index in [2.05, 4.69) is 26.1 Å². The summed E-state index contributed by atoms with van der Waals surface area (Å²) in [6, 6.07) is 6.77. The van der Waals surface area contributed by atoms with Gasteiger partial charge in [-0.05, 0) is 43.4 Å². The summed E-state index contributed by atoms with van der Waals surface area (Å²) in [5.41, 5.74) is 2.81. The first kappa shape index (κ1) is 18.9. The molecule has 0 fully saturated rings. The molecule has 1 aromatic rings. The van der Waals surface area contributed by atoms with Gasteiger partial charge in [0.2, 0.25) is 0 Å². The molecule has 1 amide bonds. The fraction of sp³-hybridized carbons (Fsp3) is 0.474. The molecule has 0 heterocycles. The third-order valence-corrected chi connectivity index (χ3v) is 3.57. The van der Waals surface area contributed by atoms with E-state index in [1.54, 1.807) is 12.1 Å². The van der Waals surface area contributed by atoms with Gasteiger partial charge in [-0.15, -0.1) is 0 Å². The van der Waals surface area contributed by atoms with Crippen molar-refractivity contribution in [3.8, 4) is 0 Å². The number of hydrogen-bond acceptors (Lipinski definition) is 3. The van der Waals surface area contributed by atoms with Crippen molar-refractivity contribution in [3.05, 3.63) is 47.0 Å². The van der Waals surface area contributed by atoms with Gasteiger partial charge < -0.3 is 10.1 Å². The highest BCUT2D eigenvalue weighted by Gasteiger charge is 2.21. The molecule has 0 aliphatic rings. The summed E-state index contributed by atoms with van der Waals surface area (Å²) in [6.07, 6.45) is 2.32. The van der Waals surface area contributed by atoms with Crippen LogP contribution in [-0.4, -0.2) is 25.0 Å². The van der Waals surface area contributed by atoms with Crippen molar-refractivity contribution < 1.29 is 14.3 Å². The minimum atomic E-state index is -0.676. The van der Waals surface area contributed by atoms with Crippen molar-refractivity contribution in [1.29, 1.82) is 0 Å². The van der Waals surface area contributed by atoms with Crippen LogP contribution in [0.3, 0.4) is 0 Å². The summed E-state index contributed by atoms with van der Waals surface area (Å²) < 4.78 is 4.76. The second-order valence-corrected chi connectivity index (χ2v) is 6.89. The molecule has 1 N–H and O–H groups in total. The lowest BCUT2D eigenvalue weighted by Gasteiger charge is -2.19. The second-order valence-electron chi connectivity index (χ2n) is 6.89. The van der Waals surface area contributed by atoms with Gasteiger partial charge in [-0.2, -0.15) is 0 Å². The monoisotopic (exact) mass is 317 g/mol. The van der Waals surface area contributed by atoms with E-state index in [-0.39, 0.29) is 11.3 Å². The van der Waals surface area contributed by atoms with E-state index in [9.17, 15) is 9.59 Å². The van der Waals surface area contributed by atoms with Crippen LogP contribution >= 0.6 is 0 Å². The van der Waals surface area contributed by atoms with E-state index in [0.29, 0.717) is 12.0 Å². The lowest BCUT2D eigenvalue weighted by Crippen LogP contribution is -2.41. The Labute approximate surface area is 138 Å². The van der Waals surface area contributed by atoms with E-state index < -0.39 is 12.0 Å². The Bertz CT molecular complexity index is 576. The number of hydrogen-bond donors (Lipinski definition) is 1. The van der Waals surface area contributed by atoms with E-state index >= 15 is 0 Å². The molecule has 0 aliphatic carbocycles. The predicted octanol–water partition coefficient (Wildman–Crippen LogP) is 3.61. The number of rotatable bonds is 5. The number of carbonyl (C=O) groups excluding carboxylic acids is 2. The first-order valence-electron chi connectivity index (χ1n) is 7.77. The number of ether oxygens (including phenoxy) is 1. The van der Waals surface area contributed by atoms with Crippen molar-refractivity contribution in [2.24, 2.45) is 0 Å². The van der Waals surface area contributed by atoms with Gasteiger partial charge in [-0.3, -0.25) is 4.79 Å². The van der Waals surface area contributed by atoms with E-state index in [4.69, 9.17) is 4.74 Å². The molecule has 23 heavy (non-hydrogen) atoms. The summed E-state index contributed by atoms with van der Waals surface area (Å²) >= 11 is 0. The molecule has 0 saturated carbocycles. The third-order valence-electron chi connectivity index (χ3n) is 3.57. The molecule has 1 rings (SSSR count). The molecule has 1 aromatic carbocycles. The highest BCUT2D eigenvalue weighted by atomic mass is 16.5. The maximum absolute atomic E-state index is 12.3. The highest BCUT2D eigenvalue weighted by Crippen LogP contribution is 2.22. The van der Waals surface area contributed by atoms with Crippen LogP contribution < -0.4 is 5.32 Å². The Balaban J connectivity index is 2.86. The normalized spacial score (nSPS) is 12.3. The largest absolute Gasteiger partial charge is 0.467 e. The number of nitrogens with one attached hydrogen (secondary N) is 1. The SMILES string of the molecule is COC(=O)[C@@H](CC=C(C)C)NC(=O)c1ccc(C(C)(C)C)cc1. The van der Waals surface area contributed by atoms with E-state index in [1.807, 2.05) is 32.1 Å². The molecular weight excluding hydrogens is 290 g/mol. The van der Waals surface area contributed by atoms with Crippen molar-refractivity contribution in [2.45, 2.75) is 52.5 Å². The van der Waals surface area contributed by atoms with Crippen molar-refractivity contribution >= 4 is 11.9 Å². The minimum Gasteiger partial charge on any atom is -0.467 e. The average Bonchev–Trinajstić information content (AvgIpc) is 2.49. The zero-order chi connectivity index (χ0) is 17.6. The molecule has 0 spiro atoms. The Kier molecular flexibility index (Phi) is 6.55. The number of carbonyl (C=O) groups is 2. The summed E-state index contributed by atoms with van der Waals surface area (Å²) in [4.78, 5) is 24.2. The van der Waals surface area contributed by atoms with Gasteiger partial charge in [-0.25, -0.2) is 4.79 Å². The molecule has 0 unspecified atom stereocenters. The Morgan fingerprint density at radius 2 is 1.74 bits per heavy atom. The van der Waals surface area contributed by atoms with Gasteiger partial charge in [0.25, 0.3) is 5.91 Å². The summed E-state index contributed by atoms with van der Waals surface area (Å²) in [6.45, 7) is 10.3.